The van der Waals surface area contributed by atoms with Gasteiger partial charge in [0.1, 0.15) is 11.9 Å². The summed E-state index contributed by atoms with van der Waals surface area (Å²) in [5.41, 5.74) is 0. The van der Waals surface area contributed by atoms with Crippen molar-refractivity contribution in [3.8, 4) is 5.75 Å². The lowest BCUT2D eigenvalue weighted by molar-refractivity contribution is 0.0444. The Morgan fingerprint density at radius 1 is 1.32 bits per heavy atom. The van der Waals surface area contributed by atoms with E-state index < -0.39 is 0 Å². The monoisotopic (exact) mass is 280 g/mol. The maximum Gasteiger partial charge on any atom is 0.317 e. The van der Waals surface area contributed by atoms with Crippen LogP contribution in [0.15, 0.2) is 24.3 Å². The highest BCUT2D eigenvalue weighted by Crippen LogP contribution is 2.27. The molecule has 0 spiro atoms. The predicted molar refractivity (Wildman–Crippen MR) is 73.6 cm³/mol. The lowest BCUT2D eigenvalue weighted by atomic mass is 10.2. The Kier molecular flexibility index (Phi) is 3.51. The molecule has 0 bridgehead atoms. The molecule has 2 amide bonds. The third kappa shape index (κ3) is 3.32. The van der Waals surface area contributed by atoms with Crippen molar-refractivity contribution >= 4 is 17.6 Å². The number of urea groups is 1. The van der Waals surface area contributed by atoms with Gasteiger partial charge in [-0.05, 0) is 43.0 Å². The van der Waals surface area contributed by atoms with Crippen LogP contribution in [0.5, 0.6) is 5.75 Å². The number of ether oxygens (including phenoxy) is 1. The van der Waals surface area contributed by atoms with E-state index in [2.05, 4.69) is 5.32 Å². The first-order valence-electron chi connectivity index (χ1n) is 6.66. The predicted octanol–water partition coefficient (Wildman–Crippen LogP) is 2.52. The molecule has 0 aromatic heterocycles. The van der Waals surface area contributed by atoms with Gasteiger partial charge in [0.05, 0.1) is 13.1 Å². The minimum atomic E-state index is 0.0304. The molecule has 2 aliphatic rings. The van der Waals surface area contributed by atoms with E-state index >= 15 is 0 Å². The molecular weight excluding hydrogens is 264 g/mol. The number of rotatable bonds is 4. The minimum absolute atomic E-state index is 0.0304. The lowest BCUT2D eigenvalue weighted by Crippen LogP contribution is -2.59. The van der Waals surface area contributed by atoms with Crippen LogP contribution in [0.1, 0.15) is 12.8 Å². The summed E-state index contributed by atoms with van der Waals surface area (Å²) in [5, 5.41) is 3.65. The zero-order valence-corrected chi connectivity index (χ0v) is 11.4. The first-order valence-corrected chi connectivity index (χ1v) is 7.03. The topological polar surface area (TPSA) is 41.6 Å². The van der Waals surface area contributed by atoms with Gasteiger partial charge in [-0.1, -0.05) is 11.6 Å². The normalized spacial score (nSPS) is 18.9. The summed E-state index contributed by atoms with van der Waals surface area (Å²) < 4.78 is 5.74. The van der Waals surface area contributed by atoms with Gasteiger partial charge < -0.3 is 15.0 Å². The quantitative estimate of drug-likeness (QED) is 0.921. The van der Waals surface area contributed by atoms with Gasteiger partial charge in [-0.15, -0.1) is 0 Å². The van der Waals surface area contributed by atoms with Gasteiger partial charge in [0.2, 0.25) is 0 Å². The smallest absolute Gasteiger partial charge is 0.317 e. The van der Waals surface area contributed by atoms with E-state index in [1.165, 1.54) is 12.8 Å². The van der Waals surface area contributed by atoms with Crippen LogP contribution in [-0.2, 0) is 0 Å². The molecule has 5 heteroatoms. The number of carbonyl (C=O) groups excluding carboxylic acids is 1. The highest BCUT2D eigenvalue weighted by molar-refractivity contribution is 6.30. The number of nitrogens with one attached hydrogen (secondary N) is 1. The fourth-order valence-corrected chi connectivity index (χ4v) is 2.18. The summed E-state index contributed by atoms with van der Waals surface area (Å²) in [7, 11) is 0. The van der Waals surface area contributed by atoms with Crippen molar-refractivity contribution in [1.29, 1.82) is 0 Å². The number of hydrogen-bond donors (Lipinski definition) is 1. The number of amides is 2. The van der Waals surface area contributed by atoms with Gasteiger partial charge >= 0.3 is 6.03 Å². The van der Waals surface area contributed by atoms with Crippen LogP contribution >= 0.6 is 11.6 Å². The number of halogens is 1. The molecule has 1 aliphatic heterocycles. The second kappa shape index (κ2) is 5.29. The summed E-state index contributed by atoms with van der Waals surface area (Å²) >= 11 is 5.81. The number of benzene rings is 1. The third-order valence-electron chi connectivity index (χ3n) is 3.49. The Labute approximate surface area is 117 Å². The van der Waals surface area contributed by atoms with Crippen molar-refractivity contribution in [3.63, 3.8) is 0 Å². The molecule has 2 fully saturated rings. The van der Waals surface area contributed by atoms with Crippen molar-refractivity contribution in [1.82, 2.24) is 10.2 Å². The van der Waals surface area contributed by atoms with Gasteiger partial charge in [-0.2, -0.15) is 0 Å². The molecular formula is C14H17ClN2O2. The Bertz CT molecular complexity index is 453. The molecule has 0 atom stereocenters. The second-order valence-electron chi connectivity index (χ2n) is 5.23. The van der Waals surface area contributed by atoms with E-state index in [9.17, 15) is 4.79 Å². The first kappa shape index (κ1) is 12.6. The molecule has 1 aromatic rings. The molecule has 1 saturated carbocycles. The van der Waals surface area contributed by atoms with Gasteiger partial charge in [0, 0.05) is 11.6 Å². The molecule has 3 rings (SSSR count). The Balaban J connectivity index is 1.39. The van der Waals surface area contributed by atoms with E-state index in [1.54, 1.807) is 17.0 Å². The van der Waals surface area contributed by atoms with Crippen molar-refractivity contribution in [3.05, 3.63) is 29.3 Å². The minimum Gasteiger partial charge on any atom is -0.487 e. The molecule has 0 unspecified atom stereocenters. The zero-order chi connectivity index (χ0) is 13.2. The number of carbonyl (C=O) groups is 1. The fraction of sp³-hybridized carbons (Fsp3) is 0.500. The number of likely N-dealkylation sites (tertiary alicyclic amines) is 1. The van der Waals surface area contributed by atoms with E-state index in [0.717, 1.165) is 12.3 Å². The van der Waals surface area contributed by atoms with Crippen molar-refractivity contribution in [2.75, 3.05) is 19.6 Å². The Hall–Kier alpha value is -1.42. The SMILES string of the molecule is O=C(NCC1CC1)N1CC(Oc2ccc(Cl)cc2)C1. The van der Waals surface area contributed by atoms with Crippen LogP contribution in [0.3, 0.4) is 0 Å². The molecule has 0 radical (unpaired) electrons. The average Bonchev–Trinajstić information content (AvgIpc) is 3.16. The van der Waals surface area contributed by atoms with Crippen LogP contribution in [-0.4, -0.2) is 36.7 Å². The third-order valence-corrected chi connectivity index (χ3v) is 3.74. The molecule has 1 heterocycles. The fourth-order valence-electron chi connectivity index (χ4n) is 2.05. The van der Waals surface area contributed by atoms with E-state index in [0.29, 0.717) is 24.0 Å². The van der Waals surface area contributed by atoms with Crippen LogP contribution in [0, 0.1) is 5.92 Å². The number of nitrogens with zero attached hydrogens (tertiary/aromatic N) is 1. The largest absolute Gasteiger partial charge is 0.487 e. The molecule has 1 saturated heterocycles. The van der Waals surface area contributed by atoms with Crippen LogP contribution in [0.2, 0.25) is 5.02 Å². The van der Waals surface area contributed by atoms with E-state index in [4.69, 9.17) is 16.3 Å². The second-order valence-corrected chi connectivity index (χ2v) is 5.66. The maximum atomic E-state index is 11.7. The van der Waals surface area contributed by atoms with Crippen LogP contribution in [0.4, 0.5) is 4.79 Å². The number of hydrogen-bond acceptors (Lipinski definition) is 2. The van der Waals surface area contributed by atoms with Crippen LogP contribution < -0.4 is 10.1 Å². The summed E-state index contributed by atoms with van der Waals surface area (Å²) in [4.78, 5) is 13.5. The average molecular weight is 281 g/mol. The first-order chi connectivity index (χ1) is 9.20. The zero-order valence-electron chi connectivity index (χ0n) is 10.6. The Morgan fingerprint density at radius 3 is 2.63 bits per heavy atom. The van der Waals surface area contributed by atoms with Crippen molar-refractivity contribution in [2.45, 2.75) is 18.9 Å². The van der Waals surface area contributed by atoms with E-state index in [1.807, 2.05) is 12.1 Å². The van der Waals surface area contributed by atoms with Gasteiger partial charge in [0.25, 0.3) is 0 Å². The Morgan fingerprint density at radius 2 is 2.00 bits per heavy atom. The van der Waals surface area contributed by atoms with Crippen molar-refractivity contribution < 1.29 is 9.53 Å². The lowest BCUT2D eigenvalue weighted by Gasteiger charge is -2.38. The molecule has 19 heavy (non-hydrogen) atoms. The molecule has 1 aliphatic carbocycles. The summed E-state index contributed by atoms with van der Waals surface area (Å²) in [5.74, 6) is 1.51. The van der Waals surface area contributed by atoms with Gasteiger partial charge in [-0.3, -0.25) is 0 Å². The molecule has 1 N–H and O–H groups in total. The molecule has 4 nitrogen and oxygen atoms in total. The van der Waals surface area contributed by atoms with E-state index in [-0.39, 0.29) is 12.1 Å². The van der Waals surface area contributed by atoms with Gasteiger partial charge in [0.15, 0.2) is 0 Å². The summed E-state index contributed by atoms with van der Waals surface area (Å²) in [6.07, 6.45) is 2.60. The highest BCUT2D eigenvalue weighted by Gasteiger charge is 2.33. The highest BCUT2D eigenvalue weighted by atomic mass is 35.5. The summed E-state index contributed by atoms with van der Waals surface area (Å²) in [6.45, 7) is 2.12. The molecule has 1 aromatic carbocycles. The van der Waals surface area contributed by atoms with Crippen molar-refractivity contribution in [2.24, 2.45) is 5.92 Å². The standard InChI is InChI=1S/C14H17ClN2O2/c15-11-3-5-12(6-4-11)19-13-8-17(9-13)14(18)16-7-10-1-2-10/h3-6,10,13H,1-2,7-9H2,(H,16,18). The van der Waals surface area contributed by atoms with Gasteiger partial charge in [-0.25, -0.2) is 4.79 Å². The molecule has 102 valence electrons. The summed E-state index contributed by atoms with van der Waals surface area (Å²) in [6, 6.07) is 7.32. The maximum absolute atomic E-state index is 11.7. The van der Waals surface area contributed by atoms with Crippen LogP contribution in [0.25, 0.3) is 0 Å².